The van der Waals surface area contributed by atoms with Crippen molar-refractivity contribution in [2.75, 3.05) is 19.0 Å². The molecule has 0 amide bonds. The van der Waals surface area contributed by atoms with Gasteiger partial charge in [-0.15, -0.1) is 0 Å². The zero-order valence-electron chi connectivity index (χ0n) is 12.7. The highest BCUT2D eigenvalue weighted by Gasteiger charge is 2.25. The fraction of sp³-hybridized carbons (Fsp3) is 0.167. The van der Waals surface area contributed by atoms with E-state index < -0.39 is 0 Å². The number of aromatic nitrogens is 2. The number of halogens is 1. The third kappa shape index (κ3) is 2.32. The van der Waals surface area contributed by atoms with E-state index in [-0.39, 0.29) is 0 Å². The van der Waals surface area contributed by atoms with Gasteiger partial charge in [-0.2, -0.15) is 5.10 Å². The van der Waals surface area contributed by atoms with Gasteiger partial charge in [-0.1, -0.05) is 24.3 Å². The van der Waals surface area contributed by atoms with Gasteiger partial charge >= 0.3 is 0 Å². The number of ether oxygens (including phenoxy) is 1. The Bertz CT molecular complexity index is 872. The summed E-state index contributed by atoms with van der Waals surface area (Å²) in [7, 11) is 1.70. The Morgan fingerprint density at radius 2 is 1.91 bits per heavy atom. The summed E-state index contributed by atoms with van der Waals surface area (Å²) in [6.45, 7) is 0.930. The van der Waals surface area contributed by atoms with Gasteiger partial charge in [-0.05, 0) is 46.6 Å². The maximum absolute atomic E-state index is 5.52. The Balaban J connectivity index is 1.94. The van der Waals surface area contributed by atoms with Crippen molar-refractivity contribution in [3.8, 4) is 22.7 Å². The van der Waals surface area contributed by atoms with Crippen LogP contribution in [0, 0.1) is 0 Å². The summed E-state index contributed by atoms with van der Waals surface area (Å²) in [6, 6.07) is 16.1. The monoisotopic (exact) mass is 369 g/mol. The third-order valence-corrected chi connectivity index (χ3v) is 4.76. The van der Waals surface area contributed by atoms with Crippen molar-refractivity contribution in [1.29, 1.82) is 0 Å². The van der Waals surface area contributed by atoms with E-state index in [9.17, 15) is 0 Å². The van der Waals surface area contributed by atoms with E-state index in [1.54, 1.807) is 7.11 Å². The van der Waals surface area contributed by atoms with Crippen LogP contribution in [0.15, 0.2) is 53.0 Å². The van der Waals surface area contributed by atoms with Crippen molar-refractivity contribution in [2.45, 2.75) is 6.42 Å². The summed E-state index contributed by atoms with van der Waals surface area (Å²) in [5, 5.41) is 8.35. The van der Waals surface area contributed by atoms with Gasteiger partial charge in [-0.25, -0.2) is 4.68 Å². The number of rotatable bonds is 3. The SMILES string of the molecule is COc1ccccc1-c1nn(-c2ccccc2Br)c2c1CCN2. The standard InChI is InChI=1S/C18H16BrN3O/c1-23-16-9-5-2-6-12(16)17-13-10-11-20-18(13)22(21-17)15-8-4-3-7-14(15)19/h2-9,20H,10-11H2,1H3. The summed E-state index contributed by atoms with van der Waals surface area (Å²) < 4.78 is 8.52. The van der Waals surface area contributed by atoms with Crippen LogP contribution in [0.2, 0.25) is 0 Å². The number of fused-ring (bicyclic) bond motifs is 1. The molecule has 5 heteroatoms. The molecule has 0 fully saturated rings. The van der Waals surface area contributed by atoms with Crippen LogP contribution < -0.4 is 10.1 Å². The highest BCUT2D eigenvalue weighted by molar-refractivity contribution is 9.10. The van der Waals surface area contributed by atoms with Crippen molar-refractivity contribution in [2.24, 2.45) is 0 Å². The zero-order chi connectivity index (χ0) is 15.8. The topological polar surface area (TPSA) is 39.1 Å². The minimum absolute atomic E-state index is 0.846. The van der Waals surface area contributed by atoms with Crippen LogP contribution in [0.5, 0.6) is 5.75 Å². The molecule has 4 rings (SSSR count). The van der Waals surface area contributed by atoms with E-state index in [1.807, 2.05) is 41.1 Å². The first-order valence-electron chi connectivity index (χ1n) is 7.53. The fourth-order valence-electron chi connectivity index (χ4n) is 3.03. The van der Waals surface area contributed by atoms with Crippen LogP contribution in [0.25, 0.3) is 16.9 Å². The first-order valence-corrected chi connectivity index (χ1v) is 8.33. The quantitative estimate of drug-likeness (QED) is 0.748. The molecule has 2 heterocycles. The molecule has 1 aliphatic rings. The second-order valence-electron chi connectivity index (χ2n) is 5.42. The second-order valence-corrected chi connectivity index (χ2v) is 6.27. The number of hydrogen-bond donors (Lipinski definition) is 1. The van der Waals surface area contributed by atoms with E-state index in [4.69, 9.17) is 9.84 Å². The molecule has 3 aromatic rings. The maximum Gasteiger partial charge on any atom is 0.133 e. The summed E-state index contributed by atoms with van der Waals surface area (Å²) >= 11 is 3.62. The minimum Gasteiger partial charge on any atom is -0.496 e. The number of nitrogens with zero attached hydrogens (tertiary/aromatic N) is 2. The predicted octanol–water partition coefficient (Wildman–Crippen LogP) is 4.28. The first-order chi connectivity index (χ1) is 11.3. The highest BCUT2D eigenvalue weighted by Crippen LogP contribution is 2.39. The van der Waals surface area contributed by atoms with Gasteiger partial charge in [0.1, 0.15) is 17.3 Å². The molecule has 2 aromatic carbocycles. The van der Waals surface area contributed by atoms with Crippen LogP contribution >= 0.6 is 15.9 Å². The number of hydrogen-bond acceptors (Lipinski definition) is 3. The van der Waals surface area contributed by atoms with Crippen LogP contribution in [-0.4, -0.2) is 23.4 Å². The van der Waals surface area contributed by atoms with Gasteiger partial charge in [0, 0.05) is 22.1 Å². The molecule has 4 nitrogen and oxygen atoms in total. The molecule has 0 radical (unpaired) electrons. The Morgan fingerprint density at radius 3 is 2.74 bits per heavy atom. The van der Waals surface area contributed by atoms with Crippen molar-refractivity contribution < 1.29 is 4.74 Å². The minimum atomic E-state index is 0.846. The first kappa shape index (κ1) is 14.3. The molecule has 1 N–H and O–H groups in total. The van der Waals surface area contributed by atoms with E-state index in [0.717, 1.165) is 46.0 Å². The molecule has 0 atom stereocenters. The largest absolute Gasteiger partial charge is 0.496 e. The molecular formula is C18H16BrN3O. The Kier molecular flexibility index (Phi) is 3.58. The summed E-state index contributed by atoms with van der Waals surface area (Å²) in [6.07, 6.45) is 0.965. The van der Waals surface area contributed by atoms with Crippen LogP contribution in [-0.2, 0) is 6.42 Å². The number of benzene rings is 2. The number of anilines is 1. The van der Waals surface area contributed by atoms with Gasteiger partial charge in [0.2, 0.25) is 0 Å². The van der Waals surface area contributed by atoms with E-state index >= 15 is 0 Å². The summed E-state index contributed by atoms with van der Waals surface area (Å²) in [5.41, 5.74) is 4.28. The van der Waals surface area contributed by atoms with Crippen LogP contribution in [0.1, 0.15) is 5.56 Å². The lowest BCUT2D eigenvalue weighted by Crippen LogP contribution is -2.05. The molecule has 1 aliphatic heterocycles. The average molecular weight is 370 g/mol. The van der Waals surface area contributed by atoms with Crippen LogP contribution in [0.3, 0.4) is 0 Å². The molecule has 0 saturated heterocycles. The van der Waals surface area contributed by atoms with Gasteiger partial charge in [-0.3, -0.25) is 0 Å². The van der Waals surface area contributed by atoms with Crippen molar-refractivity contribution in [3.05, 3.63) is 58.6 Å². The zero-order valence-corrected chi connectivity index (χ0v) is 14.3. The second kappa shape index (κ2) is 5.74. The molecule has 23 heavy (non-hydrogen) atoms. The molecule has 1 aromatic heterocycles. The smallest absolute Gasteiger partial charge is 0.133 e. The summed E-state index contributed by atoms with van der Waals surface area (Å²) in [4.78, 5) is 0. The lowest BCUT2D eigenvalue weighted by Gasteiger charge is -2.09. The predicted molar refractivity (Wildman–Crippen MR) is 95.4 cm³/mol. The molecule has 0 unspecified atom stereocenters. The Labute approximate surface area is 143 Å². The van der Waals surface area contributed by atoms with Gasteiger partial charge < -0.3 is 10.1 Å². The summed E-state index contributed by atoms with van der Waals surface area (Å²) in [5.74, 6) is 1.91. The van der Waals surface area contributed by atoms with Crippen molar-refractivity contribution >= 4 is 21.7 Å². The molecule has 0 aliphatic carbocycles. The van der Waals surface area contributed by atoms with E-state index in [0.29, 0.717) is 0 Å². The molecule has 0 bridgehead atoms. The van der Waals surface area contributed by atoms with Crippen LogP contribution in [0.4, 0.5) is 5.82 Å². The number of nitrogens with one attached hydrogen (secondary N) is 1. The Hall–Kier alpha value is -2.27. The van der Waals surface area contributed by atoms with Crippen molar-refractivity contribution in [1.82, 2.24) is 9.78 Å². The van der Waals surface area contributed by atoms with Gasteiger partial charge in [0.25, 0.3) is 0 Å². The van der Waals surface area contributed by atoms with Gasteiger partial charge in [0.15, 0.2) is 0 Å². The van der Waals surface area contributed by atoms with Gasteiger partial charge in [0.05, 0.1) is 12.8 Å². The molecule has 116 valence electrons. The fourth-order valence-corrected chi connectivity index (χ4v) is 3.48. The lowest BCUT2D eigenvalue weighted by molar-refractivity contribution is 0.416. The van der Waals surface area contributed by atoms with Crippen molar-refractivity contribution in [3.63, 3.8) is 0 Å². The maximum atomic E-state index is 5.52. The van der Waals surface area contributed by atoms with E-state index in [1.165, 1.54) is 5.56 Å². The normalized spacial score (nSPS) is 12.8. The lowest BCUT2D eigenvalue weighted by atomic mass is 10.1. The third-order valence-electron chi connectivity index (χ3n) is 4.09. The average Bonchev–Trinajstić information content (AvgIpc) is 3.18. The van der Waals surface area contributed by atoms with E-state index in [2.05, 4.69) is 33.4 Å². The molecule has 0 spiro atoms. The number of para-hydroxylation sites is 2. The highest BCUT2D eigenvalue weighted by atomic mass is 79.9. The molecular weight excluding hydrogens is 354 g/mol. The number of methoxy groups -OCH3 is 1. The molecule has 0 saturated carbocycles. The Morgan fingerprint density at radius 1 is 1.13 bits per heavy atom.